The number of aliphatic carboxylic acids is 1. The van der Waals surface area contributed by atoms with Crippen LogP contribution in [0.3, 0.4) is 0 Å². The number of hydrogen-bond acceptors (Lipinski definition) is 4. The van der Waals surface area contributed by atoms with Crippen LogP contribution in [0.4, 0.5) is 0 Å². The van der Waals surface area contributed by atoms with Crippen LogP contribution >= 0.6 is 0 Å². The molecule has 2 aromatic rings. The maximum atomic E-state index is 12.8. The van der Waals surface area contributed by atoms with Gasteiger partial charge in [0.25, 0.3) is 5.56 Å². The molecule has 0 radical (unpaired) electrons. The fourth-order valence-corrected chi connectivity index (χ4v) is 4.42. The number of fused-ring (bicyclic) bond motifs is 1. The van der Waals surface area contributed by atoms with E-state index in [0.717, 1.165) is 29.5 Å². The van der Waals surface area contributed by atoms with Crippen LogP contribution in [0.15, 0.2) is 47.3 Å². The van der Waals surface area contributed by atoms with Crippen LogP contribution in [-0.2, 0) is 16.1 Å². The van der Waals surface area contributed by atoms with Gasteiger partial charge in [0.15, 0.2) is 0 Å². The second-order valence-corrected chi connectivity index (χ2v) is 7.26. The molecule has 1 saturated heterocycles. The Balaban J connectivity index is 1.58. The first-order valence-corrected chi connectivity index (χ1v) is 9.20. The summed E-state index contributed by atoms with van der Waals surface area (Å²) in [6.45, 7) is 0.205. The summed E-state index contributed by atoms with van der Waals surface area (Å²) in [5.74, 6) is -1.06. The monoisotopic (exact) mass is 367 g/mol. The summed E-state index contributed by atoms with van der Waals surface area (Å²) in [5.41, 5.74) is 1.06. The lowest BCUT2D eigenvalue weighted by molar-refractivity contribution is -0.150. The Morgan fingerprint density at radius 1 is 1.11 bits per heavy atom. The summed E-state index contributed by atoms with van der Waals surface area (Å²) >= 11 is 0. The number of amides is 1. The fraction of sp³-hybridized carbons (Fsp3) is 0.400. The highest BCUT2D eigenvalue weighted by Crippen LogP contribution is 2.42. The van der Waals surface area contributed by atoms with Crippen molar-refractivity contribution in [2.75, 3.05) is 6.54 Å². The smallest absolute Gasteiger partial charge is 0.326 e. The van der Waals surface area contributed by atoms with Crippen molar-refractivity contribution in [2.24, 2.45) is 11.8 Å². The zero-order valence-electron chi connectivity index (χ0n) is 14.8. The SMILES string of the molecule is O=C(O)C1C2CCCC2CN1C(=O)Cn1nc(-c2ccccc2)ccc1=O. The molecular formula is C20H21N3O4. The van der Waals surface area contributed by atoms with Crippen molar-refractivity contribution in [1.82, 2.24) is 14.7 Å². The van der Waals surface area contributed by atoms with Crippen molar-refractivity contribution in [3.8, 4) is 11.3 Å². The van der Waals surface area contributed by atoms with Gasteiger partial charge in [-0.05, 0) is 30.7 Å². The van der Waals surface area contributed by atoms with Gasteiger partial charge in [-0.1, -0.05) is 36.8 Å². The van der Waals surface area contributed by atoms with E-state index in [2.05, 4.69) is 5.10 Å². The second-order valence-electron chi connectivity index (χ2n) is 7.26. The number of carboxylic acid groups (broad SMARTS) is 1. The largest absolute Gasteiger partial charge is 0.480 e. The van der Waals surface area contributed by atoms with Gasteiger partial charge < -0.3 is 10.0 Å². The van der Waals surface area contributed by atoms with E-state index >= 15 is 0 Å². The second kappa shape index (κ2) is 6.98. The molecule has 2 aliphatic rings. The molecular weight excluding hydrogens is 346 g/mol. The molecule has 2 heterocycles. The minimum Gasteiger partial charge on any atom is -0.480 e. The Kier molecular flexibility index (Phi) is 4.51. The van der Waals surface area contributed by atoms with Crippen LogP contribution in [0.2, 0.25) is 0 Å². The Morgan fingerprint density at radius 2 is 1.89 bits per heavy atom. The van der Waals surface area contributed by atoms with E-state index in [1.54, 1.807) is 6.07 Å². The van der Waals surface area contributed by atoms with Gasteiger partial charge in [-0.15, -0.1) is 0 Å². The van der Waals surface area contributed by atoms with Crippen LogP contribution in [0.25, 0.3) is 11.3 Å². The molecule has 1 aromatic carbocycles. The summed E-state index contributed by atoms with van der Waals surface area (Å²) in [5, 5.41) is 13.9. The fourth-order valence-electron chi connectivity index (χ4n) is 4.42. The molecule has 1 amide bonds. The molecule has 7 nitrogen and oxygen atoms in total. The molecule has 1 aromatic heterocycles. The lowest BCUT2D eigenvalue weighted by atomic mass is 9.94. The molecule has 7 heteroatoms. The molecule has 27 heavy (non-hydrogen) atoms. The Bertz CT molecular complexity index is 924. The third-order valence-corrected chi connectivity index (χ3v) is 5.68. The first-order chi connectivity index (χ1) is 13.0. The van der Waals surface area contributed by atoms with Crippen LogP contribution < -0.4 is 5.56 Å². The summed E-state index contributed by atoms with van der Waals surface area (Å²) in [6.07, 6.45) is 2.81. The summed E-state index contributed by atoms with van der Waals surface area (Å²) in [7, 11) is 0. The van der Waals surface area contributed by atoms with Crippen LogP contribution in [0.5, 0.6) is 0 Å². The van der Waals surface area contributed by atoms with E-state index in [1.807, 2.05) is 30.3 Å². The predicted octanol–water partition coefficient (Wildman–Crippen LogP) is 1.62. The number of rotatable bonds is 4. The average molecular weight is 367 g/mol. The minimum atomic E-state index is -0.962. The van der Waals surface area contributed by atoms with Crippen molar-refractivity contribution in [1.29, 1.82) is 0 Å². The van der Waals surface area contributed by atoms with E-state index in [-0.39, 0.29) is 29.8 Å². The van der Waals surface area contributed by atoms with Gasteiger partial charge in [0.1, 0.15) is 12.6 Å². The first-order valence-electron chi connectivity index (χ1n) is 9.20. The topological polar surface area (TPSA) is 92.5 Å². The number of nitrogens with zero attached hydrogens (tertiary/aromatic N) is 3. The highest BCUT2D eigenvalue weighted by Gasteiger charge is 2.49. The highest BCUT2D eigenvalue weighted by atomic mass is 16.4. The molecule has 1 aliphatic heterocycles. The first kappa shape index (κ1) is 17.5. The number of carbonyl (C=O) groups is 2. The van der Waals surface area contributed by atoms with Gasteiger partial charge in [0.2, 0.25) is 5.91 Å². The van der Waals surface area contributed by atoms with E-state index in [1.165, 1.54) is 11.0 Å². The Labute approximate surface area is 156 Å². The van der Waals surface area contributed by atoms with Gasteiger partial charge in [0.05, 0.1) is 5.69 Å². The predicted molar refractivity (Wildman–Crippen MR) is 97.9 cm³/mol. The van der Waals surface area contributed by atoms with E-state index < -0.39 is 12.0 Å². The molecule has 1 N–H and O–H groups in total. The van der Waals surface area contributed by atoms with Crippen molar-refractivity contribution in [3.63, 3.8) is 0 Å². The summed E-state index contributed by atoms with van der Waals surface area (Å²) < 4.78 is 1.12. The Hall–Kier alpha value is -2.96. The van der Waals surface area contributed by atoms with Crippen LogP contribution in [-0.4, -0.2) is 44.3 Å². The highest BCUT2D eigenvalue weighted by molar-refractivity contribution is 5.84. The quantitative estimate of drug-likeness (QED) is 0.886. The lowest BCUT2D eigenvalue weighted by Crippen LogP contribution is -2.45. The molecule has 2 fully saturated rings. The standard InChI is InChI=1S/C20H21N3O4/c24-17-10-9-16(13-5-2-1-3-6-13)21-23(17)12-18(25)22-11-14-7-4-8-15(14)19(22)20(26)27/h1-3,5-6,9-10,14-15,19H,4,7-8,11-12H2,(H,26,27). The van der Waals surface area contributed by atoms with Gasteiger partial charge in [-0.25, -0.2) is 9.48 Å². The normalized spacial score (nSPS) is 24.0. The number of carbonyl (C=O) groups excluding carboxylic acids is 1. The third kappa shape index (κ3) is 3.25. The zero-order chi connectivity index (χ0) is 19.0. The lowest BCUT2D eigenvalue weighted by Gasteiger charge is -2.24. The maximum absolute atomic E-state index is 12.8. The molecule has 0 spiro atoms. The molecule has 0 bridgehead atoms. The van der Waals surface area contributed by atoms with E-state index in [9.17, 15) is 19.5 Å². The van der Waals surface area contributed by atoms with Gasteiger partial charge in [0, 0.05) is 18.2 Å². The molecule has 3 atom stereocenters. The molecule has 3 unspecified atom stereocenters. The molecule has 1 saturated carbocycles. The molecule has 4 rings (SSSR count). The summed E-state index contributed by atoms with van der Waals surface area (Å²) in [4.78, 5) is 38.2. The number of carboxylic acids is 1. The van der Waals surface area contributed by atoms with Crippen molar-refractivity contribution < 1.29 is 14.7 Å². The number of benzene rings is 1. The van der Waals surface area contributed by atoms with Crippen molar-refractivity contribution >= 4 is 11.9 Å². The number of hydrogen-bond donors (Lipinski definition) is 1. The molecule has 1 aliphatic carbocycles. The van der Waals surface area contributed by atoms with E-state index in [4.69, 9.17) is 0 Å². The van der Waals surface area contributed by atoms with Crippen molar-refractivity contribution in [2.45, 2.75) is 31.8 Å². The van der Waals surface area contributed by atoms with Crippen LogP contribution in [0, 0.1) is 11.8 Å². The van der Waals surface area contributed by atoms with Gasteiger partial charge in [-0.2, -0.15) is 5.10 Å². The van der Waals surface area contributed by atoms with E-state index in [0.29, 0.717) is 12.2 Å². The summed E-state index contributed by atoms with van der Waals surface area (Å²) in [6, 6.07) is 11.6. The van der Waals surface area contributed by atoms with Gasteiger partial charge >= 0.3 is 5.97 Å². The zero-order valence-corrected chi connectivity index (χ0v) is 14.8. The number of likely N-dealkylation sites (tertiary alicyclic amines) is 1. The number of aromatic nitrogens is 2. The average Bonchev–Trinajstić information content (AvgIpc) is 3.25. The minimum absolute atomic E-state index is 0.0202. The van der Waals surface area contributed by atoms with Crippen molar-refractivity contribution in [3.05, 3.63) is 52.8 Å². The third-order valence-electron chi connectivity index (χ3n) is 5.68. The molecule has 140 valence electrons. The maximum Gasteiger partial charge on any atom is 0.326 e. The van der Waals surface area contributed by atoms with Gasteiger partial charge in [-0.3, -0.25) is 9.59 Å². The van der Waals surface area contributed by atoms with Crippen LogP contribution in [0.1, 0.15) is 19.3 Å². The Morgan fingerprint density at radius 3 is 2.63 bits per heavy atom.